The van der Waals surface area contributed by atoms with Crippen molar-refractivity contribution < 1.29 is 9.21 Å². The Balaban J connectivity index is 1.95. The molecule has 0 unspecified atom stereocenters. The van der Waals surface area contributed by atoms with Gasteiger partial charge in [0.25, 0.3) is 5.91 Å². The van der Waals surface area contributed by atoms with Crippen molar-refractivity contribution in [2.45, 2.75) is 6.54 Å². The molecule has 0 saturated carbocycles. The average molecular weight is 281 g/mol. The first kappa shape index (κ1) is 10.9. The van der Waals surface area contributed by atoms with E-state index in [0.717, 1.165) is 5.76 Å². The zero-order chi connectivity index (χ0) is 11.4. The highest BCUT2D eigenvalue weighted by molar-refractivity contribution is 9.10. The lowest BCUT2D eigenvalue weighted by Gasteiger charge is -2.02. The van der Waals surface area contributed by atoms with Crippen LogP contribution in [0.3, 0.4) is 0 Å². The van der Waals surface area contributed by atoms with E-state index in [2.05, 4.69) is 26.2 Å². The number of nitrogens with one attached hydrogen (secondary N) is 1. The Labute approximate surface area is 101 Å². The minimum atomic E-state index is -0.170. The molecule has 4 nitrogen and oxygen atoms in total. The lowest BCUT2D eigenvalue weighted by atomic mass is 10.2. The van der Waals surface area contributed by atoms with Crippen LogP contribution in [0, 0.1) is 0 Å². The monoisotopic (exact) mass is 280 g/mol. The summed E-state index contributed by atoms with van der Waals surface area (Å²) in [7, 11) is 0. The predicted molar refractivity (Wildman–Crippen MR) is 61.8 cm³/mol. The van der Waals surface area contributed by atoms with E-state index in [0.29, 0.717) is 16.7 Å². The highest BCUT2D eigenvalue weighted by atomic mass is 79.9. The third-order valence-electron chi connectivity index (χ3n) is 1.99. The highest BCUT2D eigenvalue weighted by Crippen LogP contribution is 2.06. The van der Waals surface area contributed by atoms with Gasteiger partial charge in [-0.15, -0.1) is 0 Å². The molecule has 0 aliphatic carbocycles. The fourth-order valence-corrected chi connectivity index (χ4v) is 1.43. The molecule has 0 atom stereocenters. The molecule has 2 heterocycles. The Bertz CT molecular complexity index is 465. The first-order valence-electron chi connectivity index (χ1n) is 4.68. The molecule has 0 fully saturated rings. The fourth-order valence-electron chi connectivity index (χ4n) is 1.19. The van der Waals surface area contributed by atoms with Crippen LogP contribution in [-0.4, -0.2) is 10.9 Å². The van der Waals surface area contributed by atoms with Crippen molar-refractivity contribution in [1.29, 1.82) is 0 Å². The molecule has 0 bridgehead atoms. The van der Waals surface area contributed by atoms with Gasteiger partial charge in [-0.05, 0) is 40.2 Å². The molecule has 0 saturated heterocycles. The van der Waals surface area contributed by atoms with Gasteiger partial charge in [0.1, 0.15) is 10.4 Å². The zero-order valence-electron chi connectivity index (χ0n) is 8.31. The summed E-state index contributed by atoms with van der Waals surface area (Å²) in [4.78, 5) is 15.6. The summed E-state index contributed by atoms with van der Waals surface area (Å²) in [5.74, 6) is 0.551. The van der Waals surface area contributed by atoms with Gasteiger partial charge in [0.05, 0.1) is 18.4 Å². The van der Waals surface area contributed by atoms with Gasteiger partial charge in [-0.25, -0.2) is 4.98 Å². The number of furan rings is 1. The van der Waals surface area contributed by atoms with Gasteiger partial charge in [0.2, 0.25) is 0 Å². The van der Waals surface area contributed by atoms with Crippen molar-refractivity contribution in [3.8, 4) is 0 Å². The molecule has 0 spiro atoms. The summed E-state index contributed by atoms with van der Waals surface area (Å²) in [6, 6.07) is 7.01. The fraction of sp³-hybridized carbons (Fsp3) is 0.0909. The molecule has 0 aliphatic rings. The van der Waals surface area contributed by atoms with Crippen LogP contribution in [0.2, 0.25) is 0 Å². The van der Waals surface area contributed by atoms with Crippen molar-refractivity contribution in [2.24, 2.45) is 0 Å². The maximum Gasteiger partial charge on any atom is 0.253 e. The number of nitrogens with zero attached hydrogens (tertiary/aromatic N) is 1. The highest BCUT2D eigenvalue weighted by Gasteiger charge is 2.05. The van der Waals surface area contributed by atoms with Crippen LogP contribution in [0.4, 0.5) is 0 Å². The van der Waals surface area contributed by atoms with E-state index in [1.54, 1.807) is 30.5 Å². The Morgan fingerprint density at radius 3 is 2.94 bits per heavy atom. The number of rotatable bonds is 3. The molecule has 16 heavy (non-hydrogen) atoms. The summed E-state index contributed by atoms with van der Waals surface area (Å²) in [6.07, 6.45) is 3.09. The number of carbonyl (C=O) groups excluding carboxylic acids is 1. The summed E-state index contributed by atoms with van der Waals surface area (Å²) in [6.45, 7) is 0.377. The zero-order valence-corrected chi connectivity index (χ0v) is 9.90. The van der Waals surface area contributed by atoms with Gasteiger partial charge in [-0.1, -0.05) is 0 Å². The molecular formula is C11H9BrN2O2. The molecule has 82 valence electrons. The Kier molecular flexibility index (Phi) is 3.36. The molecule has 0 aromatic carbocycles. The summed E-state index contributed by atoms with van der Waals surface area (Å²) in [5, 5.41) is 2.73. The number of amides is 1. The minimum absolute atomic E-state index is 0.170. The first-order chi connectivity index (χ1) is 7.75. The van der Waals surface area contributed by atoms with Crippen LogP contribution in [0.15, 0.2) is 45.7 Å². The Hall–Kier alpha value is -1.62. The van der Waals surface area contributed by atoms with Gasteiger partial charge in [-0.2, -0.15) is 0 Å². The number of hydrogen-bond donors (Lipinski definition) is 1. The van der Waals surface area contributed by atoms with E-state index in [1.165, 1.54) is 6.20 Å². The maximum absolute atomic E-state index is 11.6. The minimum Gasteiger partial charge on any atom is -0.467 e. The van der Waals surface area contributed by atoms with Crippen LogP contribution >= 0.6 is 15.9 Å². The molecule has 2 aromatic rings. The summed E-state index contributed by atoms with van der Waals surface area (Å²) >= 11 is 3.21. The first-order valence-corrected chi connectivity index (χ1v) is 5.47. The standard InChI is InChI=1S/C11H9BrN2O2/c12-10-4-3-8(6-13-10)11(15)14-7-9-2-1-5-16-9/h1-6H,7H2,(H,14,15). The SMILES string of the molecule is O=C(NCc1ccco1)c1ccc(Br)nc1. The van der Waals surface area contributed by atoms with Crippen LogP contribution in [0.5, 0.6) is 0 Å². The smallest absolute Gasteiger partial charge is 0.253 e. The van der Waals surface area contributed by atoms with E-state index in [1.807, 2.05) is 0 Å². The number of hydrogen-bond acceptors (Lipinski definition) is 3. The van der Waals surface area contributed by atoms with E-state index < -0.39 is 0 Å². The predicted octanol–water partition coefficient (Wildman–Crippen LogP) is 2.37. The van der Waals surface area contributed by atoms with Gasteiger partial charge >= 0.3 is 0 Å². The normalized spacial score (nSPS) is 10.1. The van der Waals surface area contributed by atoms with E-state index in [4.69, 9.17) is 4.42 Å². The molecule has 5 heteroatoms. The largest absolute Gasteiger partial charge is 0.467 e. The van der Waals surface area contributed by atoms with Gasteiger partial charge in [0.15, 0.2) is 0 Å². The van der Waals surface area contributed by atoms with Crippen molar-refractivity contribution in [1.82, 2.24) is 10.3 Å². The number of halogens is 1. The molecular weight excluding hydrogens is 272 g/mol. The van der Waals surface area contributed by atoms with E-state index in [9.17, 15) is 4.79 Å². The lowest BCUT2D eigenvalue weighted by Crippen LogP contribution is -2.22. The second-order valence-electron chi connectivity index (χ2n) is 3.13. The Morgan fingerprint density at radius 1 is 1.44 bits per heavy atom. The van der Waals surface area contributed by atoms with Crippen LogP contribution in [0.1, 0.15) is 16.1 Å². The second kappa shape index (κ2) is 4.94. The number of pyridine rings is 1. The van der Waals surface area contributed by atoms with Crippen LogP contribution < -0.4 is 5.32 Å². The third kappa shape index (κ3) is 2.70. The maximum atomic E-state index is 11.6. The van der Waals surface area contributed by atoms with Crippen molar-refractivity contribution in [3.05, 3.63) is 52.7 Å². The molecule has 2 rings (SSSR count). The molecule has 2 aromatic heterocycles. The topological polar surface area (TPSA) is 55.1 Å². The lowest BCUT2D eigenvalue weighted by molar-refractivity contribution is 0.0947. The van der Waals surface area contributed by atoms with Gasteiger partial charge in [-0.3, -0.25) is 4.79 Å². The van der Waals surface area contributed by atoms with Crippen molar-refractivity contribution in [2.75, 3.05) is 0 Å². The van der Waals surface area contributed by atoms with Gasteiger partial charge < -0.3 is 9.73 Å². The van der Waals surface area contributed by atoms with E-state index in [-0.39, 0.29) is 5.91 Å². The molecule has 1 N–H and O–H groups in total. The second-order valence-corrected chi connectivity index (χ2v) is 3.94. The third-order valence-corrected chi connectivity index (χ3v) is 2.46. The average Bonchev–Trinajstić information content (AvgIpc) is 2.80. The molecule has 0 radical (unpaired) electrons. The van der Waals surface area contributed by atoms with Crippen molar-refractivity contribution >= 4 is 21.8 Å². The quantitative estimate of drug-likeness (QED) is 0.879. The Morgan fingerprint density at radius 2 is 2.31 bits per heavy atom. The number of carbonyl (C=O) groups is 1. The number of aromatic nitrogens is 1. The van der Waals surface area contributed by atoms with Crippen LogP contribution in [-0.2, 0) is 6.54 Å². The molecule has 0 aliphatic heterocycles. The van der Waals surface area contributed by atoms with E-state index >= 15 is 0 Å². The van der Waals surface area contributed by atoms with Gasteiger partial charge in [0, 0.05) is 6.20 Å². The van der Waals surface area contributed by atoms with Crippen LogP contribution in [0.25, 0.3) is 0 Å². The van der Waals surface area contributed by atoms with Crippen molar-refractivity contribution in [3.63, 3.8) is 0 Å². The summed E-state index contributed by atoms with van der Waals surface area (Å²) < 4.78 is 5.80. The molecule has 1 amide bonds. The summed E-state index contributed by atoms with van der Waals surface area (Å²) in [5.41, 5.74) is 0.523.